The molecule has 0 aromatic rings. The summed E-state index contributed by atoms with van der Waals surface area (Å²) >= 11 is 0. The maximum Gasteiger partial charge on any atom is 0.401 e. The summed E-state index contributed by atoms with van der Waals surface area (Å²) < 4.78 is 42.9. The second-order valence-electron chi connectivity index (χ2n) is 6.38. The van der Waals surface area contributed by atoms with Crippen LogP contribution >= 0.6 is 0 Å². The van der Waals surface area contributed by atoms with Crippen LogP contribution in [-0.2, 0) is 4.74 Å². The first-order valence-electron chi connectivity index (χ1n) is 6.28. The van der Waals surface area contributed by atoms with Crippen molar-refractivity contribution in [3.8, 4) is 0 Å². The molecule has 6 heteroatoms. The van der Waals surface area contributed by atoms with Gasteiger partial charge in [-0.1, -0.05) is 0 Å². The van der Waals surface area contributed by atoms with E-state index in [-0.39, 0.29) is 11.1 Å². The van der Waals surface area contributed by atoms with E-state index in [0.29, 0.717) is 19.7 Å². The lowest BCUT2D eigenvalue weighted by molar-refractivity contribution is -0.220. The van der Waals surface area contributed by atoms with Crippen molar-refractivity contribution in [3.05, 3.63) is 0 Å². The molecule has 0 bridgehead atoms. The smallest absolute Gasteiger partial charge is 0.370 e. The van der Waals surface area contributed by atoms with Gasteiger partial charge in [0.05, 0.1) is 13.2 Å². The molecule has 0 atom stereocenters. The summed E-state index contributed by atoms with van der Waals surface area (Å²) in [5.41, 5.74) is -0.322. The number of nitrogens with zero attached hydrogens (tertiary/aromatic N) is 2. The van der Waals surface area contributed by atoms with Gasteiger partial charge in [-0.25, -0.2) is 0 Å². The monoisotopic (exact) mass is 266 g/mol. The van der Waals surface area contributed by atoms with E-state index >= 15 is 0 Å². The fourth-order valence-electron chi connectivity index (χ4n) is 2.63. The third-order valence-corrected chi connectivity index (χ3v) is 3.64. The molecule has 0 unspecified atom stereocenters. The maximum atomic E-state index is 12.4. The molecule has 1 spiro atoms. The van der Waals surface area contributed by atoms with Crippen LogP contribution in [0.2, 0.25) is 0 Å². The van der Waals surface area contributed by atoms with Crippen LogP contribution in [0, 0.1) is 0 Å². The molecule has 2 aliphatic rings. The van der Waals surface area contributed by atoms with Crippen molar-refractivity contribution < 1.29 is 17.9 Å². The fraction of sp³-hybridized carbons (Fsp3) is 1.00. The maximum absolute atomic E-state index is 12.4. The highest BCUT2D eigenvalue weighted by molar-refractivity contribution is 5.04. The minimum Gasteiger partial charge on any atom is -0.370 e. The second kappa shape index (κ2) is 4.35. The Bertz CT molecular complexity index is 305. The van der Waals surface area contributed by atoms with Gasteiger partial charge in [0.1, 0.15) is 5.60 Å². The number of alkyl halides is 3. The quantitative estimate of drug-likeness (QED) is 0.719. The zero-order valence-corrected chi connectivity index (χ0v) is 11.2. The first-order chi connectivity index (χ1) is 8.10. The summed E-state index contributed by atoms with van der Waals surface area (Å²) in [6.07, 6.45) is -4.12. The van der Waals surface area contributed by atoms with Crippen molar-refractivity contribution in [2.45, 2.75) is 38.1 Å². The molecule has 2 aliphatic heterocycles. The van der Waals surface area contributed by atoms with Gasteiger partial charge in [-0.05, 0) is 20.8 Å². The van der Waals surface area contributed by atoms with E-state index in [1.807, 2.05) is 0 Å². The van der Waals surface area contributed by atoms with Crippen LogP contribution in [0.3, 0.4) is 0 Å². The molecule has 2 heterocycles. The highest BCUT2D eigenvalue weighted by atomic mass is 19.4. The molecule has 2 saturated heterocycles. The highest BCUT2D eigenvalue weighted by Gasteiger charge is 2.51. The minimum absolute atomic E-state index is 0.0565. The average molecular weight is 266 g/mol. The Balaban J connectivity index is 1.89. The Hall–Kier alpha value is -0.330. The van der Waals surface area contributed by atoms with Crippen molar-refractivity contribution in [2.24, 2.45) is 0 Å². The van der Waals surface area contributed by atoms with Gasteiger partial charge in [-0.3, -0.25) is 9.80 Å². The number of likely N-dealkylation sites (tertiary alicyclic amines) is 1. The molecule has 0 N–H and O–H groups in total. The van der Waals surface area contributed by atoms with E-state index in [0.717, 1.165) is 13.1 Å². The zero-order chi connectivity index (χ0) is 13.6. The fourth-order valence-corrected chi connectivity index (χ4v) is 2.63. The first-order valence-corrected chi connectivity index (χ1v) is 6.28. The number of hydrogen-bond donors (Lipinski definition) is 0. The summed E-state index contributed by atoms with van der Waals surface area (Å²) in [7, 11) is 0. The van der Waals surface area contributed by atoms with E-state index in [2.05, 4.69) is 25.7 Å². The lowest BCUT2D eigenvalue weighted by atomic mass is 9.86. The van der Waals surface area contributed by atoms with Gasteiger partial charge in [0, 0.05) is 31.7 Å². The number of ether oxygens (including phenoxy) is 1. The van der Waals surface area contributed by atoms with E-state index in [9.17, 15) is 13.2 Å². The molecule has 0 aliphatic carbocycles. The molecule has 2 fully saturated rings. The lowest BCUT2D eigenvalue weighted by Gasteiger charge is -2.58. The van der Waals surface area contributed by atoms with Gasteiger partial charge in [0.2, 0.25) is 0 Å². The van der Waals surface area contributed by atoms with Crippen LogP contribution in [0.5, 0.6) is 0 Å². The number of halogens is 3. The van der Waals surface area contributed by atoms with Crippen LogP contribution in [0.1, 0.15) is 20.8 Å². The van der Waals surface area contributed by atoms with E-state index in [1.165, 1.54) is 4.90 Å². The number of rotatable bonds is 1. The Kier molecular flexibility index (Phi) is 3.41. The van der Waals surface area contributed by atoms with Crippen molar-refractivity contribution in [3.63, 3.8) is 0 Å². The third-order valence-electron chi connectivity index (χ3n) is 3.64. The summed E-state index contributed by atoms with van der Waals surface area (Å²) in [5, 5.41) is 0. The van der Waals surface area contributed by atoms with Crippen molar-refractivity contribution >= 4 is 0 Å². The lowest BCUT2D eigenvalue weighted by Crippen LogP contribution is -2.73. The average Bonchev–Trinajstić information content (AvgIpc) is 2.09. The highest BCUT2D eigenvalue weighted by Crippen LogP contribution is 2.34. The summed E-state index contributed by atoms with van der Waals surface area (Å²) in [6.45, 7) is 8.11. The Morgan fingerprint density at radius 2 is 1.72 bits per heavy atom. The van der Waals surface area contributed by atoms with Crippen LogP contribution in [0.4, 0.5) is 13.2 Å². The first kappa shape index (κ1) is 14.1. The standard InChI is InChI=1S/C12H21F3N2O/c1-10(2,3)17-7-11(8-17)6-16(4-5-18-11)9-12(13,14)15/h4-9H2,1-3H3. The van der Waals surface area contributed by atoms with Crippen LogP contribution in [-0.4, -0.2) is 66.4 Å². The third kappa shape index (κ3) is 3.16. The molecule has 3 nitrogen and oxygen atoms in total. The van der Waals surface area contributed by atoms with Crippen LogP contribution in [0.25, 0.3) is 0 Å². The van der Waals surface area contributed by atoms with Crippen molar-refractivity contribution in [1.82, 2.24) is 9.80 Å². The van der Waals surface area contributed by atoms with Crippen LogP contribution < -0.4 is 0 Å². The Labute approximate surface area is 106 Å². The molecular formula is C12H21F3N2O. The van der Waals surface area contributed by atoms with Gasteiger partial charge in [0.25, 0.3) is 0 Å². The summed E-state index contributed by atoms with van der Waals surface area (Å²) in [5.74, 6) is 0. The molecule has 0 aromatic heterocycles. The number of morpholine rings is 1. The zero-order valence-electron chi connectivity index (χ0n) is 11.2. The van der Waals surface area contributed by atoms with Gasteiger partial charge in [0.15, 0.2) is 0 Å². The van der Waals surface area contributed by atoms with Crippen molar-refractivity contribution in [2.75, 3.05) is 39.3 Å². The second-order valence-corrected chi connectivity index (χ2v) is 6.38. The van der Waals surface area contributed by atoms with Crippen LogP contribution in [0.15, 0.2) is 0 Å². The Morgan fingerprint density at radius 1 is 1.11 bits per heavy atom. The molecular weight excluding hydrogens is 245 g/mol. The molecule has 18 heavy (non-hydrogen) atoms. The Morgan fingerprint density at radius 3 is 2.22 bits per heavy atom. The SMILES string of the molecule is CC(C)(C)N1CC2(CN(CC(F)(F)F)CCO2)C1. The predicted molar refractivity (Wildman–Crippen MR) is 62.5 cm³/mol. The molecule has 0 radical (unpaired) electrons. The minimum atomic E-state index is -4.12. The summed E-state index contributed by atoms with van der Waals surface area (Å²) in [6, 6.07) is 0. The van der Waals surface area contributed by atoms with Gasteiger partial charge < -0.3 is 4.74 Å². The van der Waals surface area contributed by atoms with E-state index in [1.54, 1.807) is 0 Å². The predicted octanol–water partition coefficient (Wildman–Crippen LogP) is 1.73. The molecule has 0 amide bonds. The number of hydrogen-bond acceptors (Lipinski definition) is 3. The van der Waals surface area contributed by atoms with Gasteiger partial charge >= 0.3 is 6.18 Å². The van der Waals surface area contributed by atoms with E-state index < -0.39 is 12.7 Å². The normalized spacial score (nSPS) is 26.3. The largest absolute Gasteiger partial charge is 0.401 e. The molecule has 106 valence electrons. The van der Waals surface area contributed by atoms with E-state index in [4.69, 9.17) is 4.74 Å². The molecule has 0 saturated carbocycles. The molecule has 2 rings (SSSR count). The van der Waals surface area contributed by atoms with Crippen molar-refractivity contribution in [1.29, 1.82) is 0 Å². The summed E-state index contributed by atoms with van der Waals surface area (Å²) in [4.78, 5) is 3.70. The topological polar surface area (TPSA) is 15.7 Å². The van der Waals surface area contributed by atoms with Gasteiger partial charge in [-0.15, -0.1) is 0 Å². The van der Waals surface area contributed by atoms with Gasteiger partial charge in [-0.2, -0.15) is 13.2 Å². The molecule has 0 aromatic carbocycles.